The number of hydrogen-bond donors (Lipinski definition) is 1. The minimum Gasteiger partial charge on any atom is -0.326 e. The molecule has 0 fully saturated rings. The molecule has 0 bridgehead atoms. The lowest BCUT2D eigenvalue weighted by molar-refractivity contribution is 0.614. The molecule has 0 aliphatic rings. The number of hydrogen-bond acceptors (Lipinski definition) is 2. The van der Waals surface area contributed by atoms with Crippen LogP contribution in [0.15, 0.2) is 41.3 Å². The average Bonchev–Trinajstić information content (AvgIpc) is 2.43. The summed E-state index contributed by atoms with van der Waals surface area (Å²) in [6, 6.07) is 9.27. The van der Waals surface area contributed by atoms with Crippen molar-refractivity contribution in [3.8, 4) is 0 Å². The number of rotatable bonds is 4. The van der Waals surface area contributed by atoms with Crippen LogP contribution in [0.3, 0.4) is 0 Å². The molecule has 1 atom stereocenters. The zero-order chi connectivity index (χ0) is 14.7. The van der Waals surface area contributed by atoms with Crippen molar-refractivity contribution in [2.24, 2.45) is 5.73 Å². The van der Waals surface area contributed by atoms with Crippen LogP contribution < -0.4 is 5.73 Å². The maximum absolute atomic E-state index is 13.7. The molecule has 0 saturated carbocycles. The largest absolute Gasteiger partial charge is 0.326 e. The summed E-state index contributed by atoms with van der Waals surface area (Å²) in [5.41, 5.74) is 6.65. The molecule has 6 heteroatoms. The molecule has 2 rings (SSSR count). The Morgan fingerprint density at radius 2 is 1.90 bits per heavy atom. The van der Waals surface area contributed by atoms with Gasteiger partial charge in [-0.2, -0.15) is 0 Å². The lowest BCUT2D eigenvalue weighted by Gasteiger charge is -2.08. The van der Waals surface area contributed by atoms with Crippen molar-refractivity contribution in [1.82, 2.24) is 0 Å². The minimum absolute atomic E-state index is 0.0275. The molecule has 0 aromatic heterocycles. The van der Waals surface area contributed by atoms with Gasteiger partial charge >= 0.3 is 0 Å². The number of benzene rings is 2. The van der Waals surface area contributed by atoms with Crippen LogP contribution in [0.4, 0.5) is 4.39 Å². The predicted octanol–water partition coefficient (Wildman–Crippen LogP) is 3.90. The van der Waals surface area contributed by atoms with Crippen molar-refractivity contribution in [3.63, 3.8) is 0 Å². The first-order valence-corrected chi connectivity index (χ1v) is 7.89. The Morgan fingerprint density at radius 1 is 1.15 bits per heavy atom. The van der Waals surface area contributed by atoms with E-state index < -0.39 is 16.6 Å². The molecule has 0 aliphatic heterocycles. The lowest BCUT2D eigenvalue weighted by Crippen LogP contribution is -2.03. The van der Waals surface area contributed by atoms with E-state index in [-0.39, 0.29) is 5.75 Å². The van der Waals surface area contributed by atoms with Crippen LogP contribution in [-0.4, -0.2) is 4.21 Å². The second-order valence-electron chi connectivity index (χ2n) is 4.19. The van der Waals surface area contributed by atoms with Crippen LogP contribution in [0.1, 0.15) is 11.1 Å². The molecule has 106 valence electrons. The maximum Gasteiger partial charge on any atom is 0.127 e. The molecular formula is C14H12Cl2FNOS. The zero-order valence-electron chi connectivity index (χ0n) is 10.4. The predicted molar refractivity (Wildman–Crippen MR) is 80.9 cm³/mol. The molecule has 0 aliphatic carbocycles. The van der Waals surface area contributed by atoms with Gasteiger partial charge in [-0.05, 0) is 29.8 Å². The van der Waals surface area contributed by atoms with Gasteiger partial charge in [0, 0.05) is 17.1 Å². The van der Waals surface area contributed by atoms with Gasteiger partial charge < -0.3 is 5.73 Å². The van der Waals surface area contributed by atoms with Gasteiger partial charge in [0.2, 0.25) is 0 Å². The van der Waals surface area contributed by atoms with Crippen LogP contribution in [0.25, 0.3) is 0 Å². The summed E-state index contributed by atoms with van der Waals surface area (Å²) in [7, 11) is -1.47. The molecule has 1 unspecified atom stereocenters. The molecule has 0 spiro atoms. The first kappa shape index (κ1) is 15.4. The Labute approximate surface area is 129 Å². The van der Waals surface area contributed by atoms with Crippen molar-refractivity contribution in [2.75, 3.05) is 0 Å². The topological polar surface area (TPSA) is 43.1 Å². The highest BCUT2D eigenvalue weighted by Gasteiger charge is 2.13. The van der Waals surface area contributed by atoms with Gasteiger partial charge in [-0.15, -0.1) is 0 Å². The van der Waals surface area contributed by atoms with Crippen LogP contribution in [0, 0.1) is 5.82 Å². The average molecular weight is 332 g/mol. The third kappa shape index (κ3) is 3.58. The molecule has 0 radical (unpaired) electrons. The van der Waals surface area contributed by atoms with Crippen molar-refractivity contribution in [1.29, 1.82) is 0 Å². The Bertz CT molecular complexity index is 664. The molecule has 20 heavy (non-hydrogen) atoms. The first-order valence-electron chi connectivity index (χ1n) is 5.82. The highest BCUT2D eigenvalue weighted by atomic mass is 35.5. The van der Waals surface area contributed by atoms with E-state index in [1.165, 1.54) is 12.1 Å². The van der Waals surface area contributed by atoms with Gasteiger partial charge in [-0.3, -0.25) is 4.21 Å². The van der Waals surface area contributed by atoms with Crippen LogP contribution >= 0.6 is 23.2 Å². The molecule has 0 amide bonds. The highest BCUT2D eigenvalue weighted by molar-refractivity contribution is 7.84. The summed E-state index contributed by atoms with van der Waals surface area (Å²) >= 11 is 11.8. The Hall–Kier alpha value is -0.940. The van der Waals surface area contributed by atoms with Gasteiger partial charge in [0.1, 0.15) is 5.82 Å². The molecule has 2 N–H and O–H groups in total. The SMILES string of the molecule is NCc1ccc(F)c(CS(=O)c2cc(Cl)ccc2Cl)c1. The fraction of sp³-hybridized carbons (Fsp3) is 0.143. The fourth-order valence-corrected chi connectivity index (χ4v) is 3.55. The Morgan fingerprint density at radius 3 is 2.60 bits per heavy atom. The van der Waals surface area contributed by atoms with Gasteiger partial charge in [-0.1, -0.05) is 35.3 Å². The van der Waals surface area contributed by atoms with Crippen molar-refractivity contribution in [2.45, 2.75) is 17.2 Å². The van der Waals surface area contributed by atoms with Gasteiger partial charge in [0.05, 0.1) is 26.5 Å². The number of halogens is 3. The van der Waals surface area contributed by atoms with Gasteiger partial charge in [-0.25, -0.2) is 4.39 Å². The van der Waals surface area contributed by atoms with Crippen LogP contribution in [0.5, 0.6) is 0 Å². The van der Waals surface area contributed by atoms with Crippen molar-refractivity contribution < 1.29 is 8.60 Å². The van der Waals surface area contributed by atoms with Crippen molar-refractivity contribution >= 4 is 34.0 Å². The van der Waals surface area contributed by atoms with E-state index in [9.17, 15) is 8.60 Å². The summed E-state index contributed by atoms with van der Waals surface area (Å²) in [6.45, 7) is 0.303. The number of nitrogens with two attached hydrogens (primary N) is 1. The Kier molecular flexibility index (Phi) is 5.16. The third-order valence-electron chi connectivity index (χ3n) is 2.77. The maximum atomic E-state index is 13.7. The molecule has 2 nitrogen and oxygen atoms in total. The second kappa shape index (κ2) is 6.68. The van der Waals surface area contributed by atoms with E-state index in [1.807, 2.05) is 0 Å². The quantitative estimate of drug-likeness (QED) is 0.923. The molecule has 2 aromatic rings. The van der Waals surface area contributed by atoms with E-state index in [0.29, 0.717) is 27.0 Å². The van der Waals surface area contributed by atoms with Gasteiger partial charge in [0.25, 0.3) is 0 Å². The van der Waals surface area contributed by atoms with Crippen molar-refractivity contribution in [3.05, 3.63) is 63.4 Å². The highest BCUT2D eigenvalue weighted by Crippen LogP contribution is 2.26. The summed E-state index contributed by atoms with van der Waals surface area (Å²) in [4.78, 5) is 0.400. The fourth-order valence-electron chi connectivity index (χ4n) is 1.74. The summed E-state index contributed by atoms with van der Waals surface area (Å²) in [6.07, 6.45) is 0. The normalized spacial score (nSPS) is 12.4. The van der Waals surface area contributed by atoms with Crippen LogP contribution in [-0.2, 0) is 23.1 Å². The monoisotopic (exact) mass is 331 g/mol. The standard InChI is InChI=1S/C14H12Cl2FNOS/c15-11-2-3-12(16)14(6-11)20(19)8-10-5-9(7-18)1-4-13(10)17/h1-6H,7-8,18H2. The van der Waals surface area contributed by atoms with Gasteiger partial charge in [0.15, 0.2) is 0 Å². The molecule has 0 saturated heterocycles. The third-order valence-corrected chi connectivity index (χ3v) is 4.85. The summed E-state index contributed by atoms with van der Waals surface area (Å²) < 4.78 is 26.0. The lowest BCUT2D eigenvalue weighted by atomic mass is 10.1. The van der Waals surface area contributed by atoms with E-state index in [4.69, 9.17) is 28.9 Å². The van der Waals surface area contributed by atoms with E-state index in [0.717, 1.165) is 5.56 Å². The zero-order valence-corrected chi connectivity index (χ0v) is 12.7. The van der Waals surface area contributed by atoms with E-state index >= 15 is 0 Å². The minimum atomic E-state index is -1.47. The van der Waals surface area contributed by atoms with Crippen LogP contribution in [0.2, 0.25) is 10.0 Å². The van der Waals surface area contributed by atoms with E-state index in [1.54, 1.807) is 24.3 Å². The summed E-state index contributed by atoms with van der Waals surface area (Å²) in [5, 5.41) is 0.789. The molecule has 0 heterocycles. The van der Waals surface area contributed by atoms with E-state index in [2.05, 4.69) is 0 Å². The molecule has 2 aromatic carbocycles. The molecular weight excluding hydrogens is 320 g/mol. The second-order valence-corrected chi connectivity index (χ2v) is 6.46. The smallest absolute Gasteiger partial charge is 0.127 e. The first-order chi connectivity index (χ1) is 9.51. The summed E-state index contributed by atoms with van der Waals surface area (Å²) in [5.74, 6) is -0.381. The Balaban J connectivity index is 2.30.